The summed E-state index contributed by atoms with van der Waals surface area (Å²) in [5.74, 6) is 0.297. The highest BCUT2D eigenvalue weighted by atomic mass is 16.3. The number of hydrogen-bond acceptors (Lipinski definition) is 3. The van der Waals surface area contributed by atoms with Crippen LogP contribution in [0.1, 0.15) is 56.7 Å². The molecule has 0 saturated heterocycles. The second-order valence-corrected chi connectivity index (χ2v) is 6.49. The fourth-order valence-corrected chi connectivity index (χ4v) is 2.90. The van der Waals surface area contributed by atoms with Crippen molar-refractivity contribution in [2.45, 2.75) is 57.9 Å². The van der Waals surface area contributed by atoms with Crippen LogP contribution in [0.2, 0.25) is 0 Å². The van der Waals surface area contributed by atoms with E-state index in [0.717, 1.165) is 36.0 Å². The van der Waals surface area contributed by atoms with Crippen molar-refractivity contribution in [1.29, 1.82) is 0 Å². The third-order valence-electron chi connectivity index (χ3n) is 4.10. The summed E-state index contributed by atoms with van der Waals surface area (Å²) in [5.41, 5.74) is 2.03. The van der Waals surface area contributed by atoms with Gasteiger partial charge in [-0.1, -0.05) is 32.9 Å². The third kappa shape index (κ3) is 2.19. The summed E-state index contributed by atoms with van der Waals surface area (Å²) in [6, 6.07) is 3.97. The van der Waals surface area contributed by atoms with E-state index in [-0.39, 0.29) is 5.41 Å². The van der Waals surface area contributed by atoms with Crippen LogP contribution in [0.15, 0.2) is 17.1 Å². The molecule has 0 atom stereocenters. The fourth-order valence-electron chi connectivity index (χ4n) is 2.90. The Labute approximate surface area is 114 Å². The summed E-state index contributed by atoms with van der Waals surface area (Å²) in [5, 5.41) is 10.6. The summed E-state index contributed by atoms with van der Waals surface area (Å²) in [6.45, 7) is 8.16. The van der Waals surface area contributed by atoms with Crippen molar-refractivity contribution < 1.29 is 9.90 Å². The second-order valence-electron chi connectivity index (χ2n) is 6.49. The number of benzene rings is 1. The van der Waals surface area contributed by atoms with Gasteiger partial charge in [0.25, 0.3) is 0 Å². The third-order valence-corrected chi connectivity index (χ3v) is 4.10. The molecule has 0 aliphatic heterocycles. The zero-order valence-corrected chi connectivity index (χ0v) is 12.1. The summed E-state index contributed by atoms with van der Waals surface area (Å²) in [7, 11) is 0. The average molecular weight is 259 g/mol. The van der Waals surface area contributed by atoms with Crippen molar-refractivity contribution in [2.24, 2.45) is 4.99 Å². The molecule has 0 radical (unpaired) electrons. The highest BCUT2D eigenvalue weighted by Gasteiger charge is 2.43. The van der Waals surface area contributed by atoms with Crippen LogP contribution in [0, 0.1) is 6.92 Å². The molecule has 0 aromatic heterocycles. The Morgan fingerprint density at radius 3 is 2.37 bits per heavy atom. The monoisotopic (exact) mass is 259 g/mol. The van der Waals surface area contributed by atoms with Crippen molar-refractivity contribution in [3.05, 3.63) is 28.8 Å². The van der Waals surface area contributed by atoms with Crippen LogP contribution in [0.4, 0.5) is 0 Å². The zero-order valence-electron chi connectivity index (χ0n) is 12.1. The lowest BCUT2D eigenvalue weighted by Crippen LogP contribution is -2.33. The van der Waals surface area contributed by atoms with Crippen LogP contribution in [-0.4, -0.2) is 11.2 Å². The van der Waals surface area contributed by atoms with E-state index in [4.69, 9.17) is 0 Å². The quantitative estimate of drug-likeness (QED) is 0.650. The molecule has 1 aliphatic rings. The van der Waals surface area contributed by atoms with Gasteiger partial charge in [0.05, 0.1) is 0 Å². The minimum Gasteiger partial charge on any atom is -0.507 e. The Balaban J connectivity index is 2.66. The van der Waals surface area contributed by atoms with E-state index < -0.39 is 5.54 Å². The van der Waals surface area contributed by atoms with Gasteiger partial charge >= 0.3 is 0 Å². The highest BCUT2D eigenvalue weighted by molar-refractivity contribution is 5.54. The van der Waals surface area contributed by atoms with E-state index in [2.05, 4.69) is 25.8 Å². The molecule has 0 spiro atoms. The molecule has 1 N–H and O–H groups in total. The van der Waals surface area contributed by atoms with Gasteiger partial charge in [0, 0.05) is 5.56 Å². The van der Waals surface area contributed by atoms with Crippen LogP contribution < -0.4 is 0 Å². The maximum absolute atomic E-state index is 10.7. The maximum Gasteiger partial charge on any atom is 0.235 e. The minimum absolute atomic E-state index is 0.137. The first kappa shape index (κ1) is 13.8. The van der Waals surface area contributed by atoms with Gasteiger partial charge in [-0.25, -0.2) is 4.79 Å². The van der Waals surface area contributed by atoms with Crippen LogP contribution >= 0.6 is 0 Å². The van der Waals surface area contributed by atoms with Gasteiger partial charge in [0.15, 0.2) is 0 Å². The van der Waals surface area contributed by atoms with E-state index in [0.29, 0.717) is 5.75 Å². The number of nitrogens with zero attached hydrogens (tertiary/aromatic N) is 1. The molecular weight excluding hydrogens is 238 g/mol. The lowest BCUT2D eigenvalue weighted by atomic mass is 9.69. The van der Waals surface area contributed by atoms with Gasteiger partial charge in [-0.2, -0.15) is 4.99 Å². The van der Waals surface area contributed by atoms with E-state index >= 15 is 0 Å². The normalized spacial score (nSPS) is 17.5. The van der Waals surface area contributed by atoms with Gasteiger partial charge < -0.3 is 5.11 Å². The number of aliphatic imine (C=N–C) groups is 1. The Bertz CT molecular complexity index is 545. The van der Waals surface area contributed by atoms with Crippen molar-refractivity contribution in [3.8, 4) is 5.75 Å². The van der Waals surface area contributed by atoms with Crippen LogP contribution in [-0.2, 0) is 15.7 Å². The number of phenols is 1. The molecule has 3 nitrogen and oxygen atoms in total. The number of isocyanates is 1. The van der Waals surface area contributed by atoms with Crippen molar-refractivity contribution in [2.75, 3.05) is 0 Å². The molecule has 0 heterocycles. The van der Waals surface area contributed by atoms with Crippen molar-refractivity contribution in [3.63, 3.8) is 0 Å². The molecule has 0 unspecified atom stereocenters. The number of aryl methyl sites for hydroxylation is 1. The lowest BCUT2D eigenvalue weighted by Gasteiger charge is -2.39. The van der Waals surface area contributed by atoms with Gasteiger partial charge in [-0.3, -0.25) is 0 Å². The van der Waals surface area contributed by atoms with Crippen LogP contribution in [0.5, 0.6) is 5.75 Å². The molecule has 2 rings (SSSR count). The molecule has 19 heavy (non-hydrogen) atoms. The topological polar surface area (TPSA) is 49.7 Å². The summed E-state index contributed by atoms with van der Waals surface area (Å²) < 4.78 is 0. The number of phenolic OH excluding ortho intramolecular Hbond substituents is 1. The van der Waals surface area contributed by atoms with Gasteiger partial charge in [0.1, 0.15) is 11.3 Å². The molecule has 1 saturated carbocycles. The molecule has 0 bridgehead atoms. The molecule has 1 aromatic carbocycles. The average Bonchev–Trinajstić information content (AvgIpc) is 2.23. The van der Waals surface area contributed by atoms with Crippen molar-refractivity contribution >= 4 is 6.08 Å². The molecule has 3 heteroatoms. The predicted octanol–water partition coefficient (Wildman–Crippen LogP) is 3.71. The van der Waals surface area contributed by atoms with Crippen molar-refractivity contribution in [1.82, 2.24) is 0 Å². The molecular formula is C16H21NO2. The molecule has 1 fully saturated rings. The van der Waals surface area contributed by atoms with E-state index in [1.165, 1.54) is 0 Å². The lowest BCUT2D eigenvalue weighted by molar-refractivity contribution is 0.245. The van der Waals surface area contributed by atoms with Gasteiger partial charge in [-0.05, 0) is 42.7 Å². The Kier molecular flexibility index (Phi) is 3.27. The van der Waals surface area contributed by atoms with E-state index in [9.17, 15) is 9.90 Å². The standard InChI is InChI=1S/C16H21NO2/c1-11-6-7-12(15(2,3)4)14(19)13(11)16(17-10-18)8-5-9-16/h6-7,19H,5,8-9H2,1-4H3. The van der Waals surface area contributed by atoms with Gasteiger partial charge in [0.2, 0.25) is 6.08 Å². The number of hydrogen-bond donors (Lipinski definition) is 1. The van der Waals surface area contributed by atoms with Gasteiger partial charge in [-0.15, -0.1) is 0 Å². The molecule has 1 aromatic rings. The second kappa shape index (κ2) is 4.50. The van der Waals surface area contributed by atoms with Crippen LogP contribution in [0.3, 0.4) is 0 Å². The summed E-state index contributed by atoms with van der Waals surface area (Å²) >= 11 is 0. The maximum atomic E-state index is 10.7. The molecule has 0 amide bonds. The zero-order chi connectivity index (χ0) is 14.3. The molecule has 102 valence electrons. The first-order chi connectivity index (χ1) is 8.82. The highest BCUT2D eigenvalue weighted by Crippen LogP contribution is 2.51. The first-order valence-corrected chi connectivity index (χ1v) is 6.74. The van der Waals surface area contributed by atoms with E-state index in [1.807, 2.05) is 19.1 Å². The van der Waals surface area contributed by atoms with Crippen LogP contribution in [0.25, 0.3) is 0 Å². The largest absolute Gasteiger partial charge is 0.507 e. The molecule has 1 aliphatic carbocycles. The predicted molar refractivity (Wildman–Crippen MR) is 75.2 cm³/mol. The number of carbonyl (C=O) groups excluding carboxylic acids is 1. The summed E-state index contributed by atoms with van der Waals surface area (Å²) in [6.07, 6.45) is 4.34. The SMILES string of the molecule is Cc1ccc(C(C)(C)C)c(O)c1C1(N=C=O)CCC1. The fraction of sp³-hybridized carbons (Fsp3) is 0.562. The Morgan fingerprint density at radius 1 is 1.32 bits per heavy atom. The number of aromatic hydroxyl groups is 1. The number of rotatable bonds is 2. The summed E-state index contributed by atoms with van der Waals surface area (Å²) in [4.78, 5) is 14.7. The Hall–Kier alpha value is -1.60. The first-order valence-electron chi connectivity index (χ1n) is 6.74. The minimum atomic E-state index is -0.544. The Morgan fingerprint density at radius 2 is 1.95 bits per heavy atom. The van der Waals surface area contributed by atoms with E-state index in [1.54, 1.807) is 6.08 Å². The smallest absolute Gasteiger partial charge is 0.235 e.